The topological polar surface area (TPSA) is 29.3 Å². The largest absolute Gasteiger partial charge is 0.327 e. The van der Waals surface area contributed by atoms with Crippen molar-refractivity contribution in [3.63, 3.8) is 0 Å². The first-order chi connectivity index (χ1) is 6.58. The molecule has 1 atom stereocenters. The van der Waals surface area contributed by atoms with Gasteiger partial charge in [0.05, 0.1) is 0 Å². The molecule has 0 aliphatic carbocycles. The highest BCUT2D eigenvalue weighted by Crippen LogP contribution is 2.20. The predicted molar refractivity (Wildman–Crippen MR) is 66.9 cm³/mol. The van der Waals surface area contributed by atoms with Crippen LogP contribution in [-0.4, -0.2) is 31.1 Å². The number of hydrogen-bond donors (Lipinski definition) is 1. The van der Waals surface area contributed by atoms with E-state index in [1.807, 2.05) is 6.92 Å². The van der Waals surface area contributed by atoms with Crippen LogP contribution >= 0.6 is 27.3 Å². The summed E-state index contributed by atoms with van der Waals surface area (Å²) in [7, 11) is 2.12. The van der Waals surface area contributed by atoms with Crippen LogP contribution in [0.5, 0.6) is 0 Å². The summed E-state index contributed by atoms with van der Waals surface area (Å²) in [6, 6.07) is 2.44. The monoisotopic (exact) mass is 276 g/mol. The van der Waals surface area contributed by atoms with E-state index in [4.69, 9.17) is 5.73 Å². The normalized spacial score (nSPS) is 13.5. The van der Waals surface area contributed by atoms with Crippen LogP contribution in [0.4, 0.5) is 0 Å². The minimum Gasteiger partial charge on any atom is -0.327 e. The standard InChI is InChI=1S/C10H17BrN2S/c1-8(12)6-13(2)4-3-10-5-9(11)7-14-10/h5,7-8H,3-4,6,12H2,1-2H3. The minimum atomic E-state index is 0.259. The Morgan fingerprint density at radius 1 is 1.64 bits per heavy atom. The van der Waals surface area contributed by atoms with Gasteiger partial charge in [-0.25, -0.2) is 0 Å². The molecule has 4 heteroatoms. The molecule has 0 aliphatic rings. The van der Waals surface area contributed by atoms with Gasteiger partial charge in [0.2, 0.25) is 0 Å². The zero-order chi connectivity index (χ0) is 10.6. The number of nitrogens with two attached hydrogens (primary N) is 1. The van der Waals surface area contributed by atoms with Crippen molar-refractivity contribution in [2.75, 3.05) is 20.1 Å². The van der Waals surface area contributed by atoms with E-state index in [9.17, 15) is 0 Å². The molecule has 0 amide bonds. The summed E-state index contributed by atoms with van der Waals surface area (Å²) in [6.07, 6.45) is 1.11. The lowest BCUT2D eigenvalue weighted by atomic mass is 10.3. The quantitative estimate of drug-likeness (QED) is 0.895. The van der Waals surface area contributed by atoms with Gasteiger partial charge < -0.3 is 10.6 Å². The van der Waals surface area contributed by atoms with Crippen molar-refractivity contribution in [1.29, 1.82) is 0 Å². The third-order valence-corrected chi connectivity index (χ3v) is 3.72. The van der Waals surface area contributed by atoms with Crippen LogP contribution in [0.1, 0.15) is 11.8 Å². The Balaban J connectivity index is 2.26. The van der Waals surface area contributed by atoms with Crippen LogP contribution in [0.15, 0.2) is 15.9 Å². The number of halogens is 1. The molecule has 2 N–H and O–H groups in total. The van der Waals surface area contributed by atoms with Gasteiger partial charge in [0.15, 0.2) is 0 Å². The molecular formula is C10H17BrN2S. The van der Waals surface area contributed by atoms with Crippen LogP contribution in [0.25, 0.3) is 0 Å². The van der Waals surface area contributed by atoms with E-state index < -0.39 is 0 Å². The number of thiophene rings is 1. The smallest absolute Gasteiger partial charge is 0.0285 e. The summed E-state index contributed by atoms with van der Waals surface area (Å²) in [6.45, 7) is 4.08. The Kier molecular flexibility index (Phi) is 5.09. The molecule has 0 bridgehead atoms. The van der Waals surface area contributed by atoms with Crippen molar-refractivity contribution in [3.05, 3.63) is 20.8 Å². The van der Waals surface area contributed by atoms with E-state index in [1.54, 1.807) is 11.3 Å². The molecule has 2 nitrogen and oxygen atoms in total. The number of hydrogen-bond acceptors (Lipinski definition) is 3. The van der Waals surface area contributed by atoms with E-state index in [0.717, 1.165) is 19.5 Å². The summed E-state index contributed by atoms with van der Waals surface area (Å²) < 4.78 is 1.19. The Morgan fingerprint density at radius 2 is 2.36 bits per heavy atom. The van der Waals surface area contributed by atoms with Gasteiger partial charge in [0.1, 0.15) is 0 Å². The molecule has 0 radical (unpaired) electrons. The molecule has 0 spiro atoms. The summed E-state index contributed by atoms with van der Waals surface area (Å²) in [5, 5.41) is 2.13. The van der Waals surface area contributed by atoms with E-state index >= 15 is 0 Å². The van der Waals surface area contributed by atoms with Crippen molar-refractivity contribution in [3.8, 4) is 0 Å². The van der Waals surface area contributed by atoms with Gasteiger partial charge in [-0.05, 0) is 42.4 Å². The molecule has 0 saturated heterocycles. The van der Waals surface area contributed by atoms with Gasteiger partial charge in [-0.3, -0.25) is 0 Å². The van der Waals surface area contributed by atoms with E-state index in [-0.39, 0.29) is 6.04 Å². The van der Waals surface area contributed by atoms with Crippen LogP contribution in [0.2, 0.25) is 0 Å². The van der Waals surface area contributed by atoms with Crippen molar-refractivity contribution in [2.45, 2.75) is 19.4 Å². The molecule has 0 fully saturated rings. The third-order valence-electron chi connectivity index (χ3n) is 1.96. The Hall–Kier alpha value is 0.1000. The maximum absolute atomic E-state index is 5.72. The second-order valence-corrected chi connectivity index (χ2v) is 5.63. The first-order valence-corrected chi connectivity index (χ1v) is 6.42. The molecule has 14 heavy (non-hydrogen) atoms. The third kappa shape index (κ3) is 4.55. The van der Waals surface area contributed by atoms with Crippen molar-refractivity contribution < 1.29 is 0 Å². The summed E-state index contributed by atoms with van der Waals surface area (Å²) >= 11 is 5.26. The molecule has 0 aromatic carbocycles. The number of nitrogens with zero attached hydrogens (tertiary/aromatic N) is 1. The lowest BCUT2D eigenvalue weighted by molar-refractivity contribution is 0.322. The second-order valence-electron chi connectivity index (χ2n) is 3.72. The second kappa shape index (κ2) is 5.85. The van der Waals surface area contributed by atoms with Crippen LogP contribution in [0.3, 0.4) is 0 Å². The fourth-order valence-electron chi connectivity index (χ4n) is 1.37. The van der Waals surface area contributed by atoms with E-state index in [1.165, 1.54) is 9.35 Å². The molecule has 1 unspecified atom stereocenters. The molecule has 1 heterocycles. The zero-order valence-corrected chi connectivity index (χ0v) is 11.1. The van der Waals surface area contributed by atoms with Gasteiger partial charge in [-0.2, -0.15) is 0 Å². The summed E-state index contributed by atoms with van der Waals surface area (Å²) in [4.78, 5) is 3.70. The van der Waals surface area contributed by atoms with Gasteiger partial charge in [-0.15, -0.1) is 11.3 Å². The van der Waals surface area contributed by atoms with Crippen LogP contribution in [-0.2, 0) is 6.42 Å². The van der Waals surface area contributed by atoms with Gasteiger partial charge in [-0.1, -0.05) is 0 Å². The SMILES string of the molecule is CC(N)CN(C)CCc1cc(Br)cs1. The molecular weight excluding hydrogens is 260 g/mol. The Bertz CT molecular complexity index is 273. The average Bonchev–Trinajstić information content (AvgIpc) is 2.47. The molecule has 1 aromatic rings. The number of rotatable bonds is 5. The first kappa shape index (κ1) is 12.2. The van der Waals surface area contributed by atoms with Crippen molar-refractivity contribution in [1.82, 2.24) is 4.90 Å². The van der Waals surface area contributed by atoms with E-state index in [0.29, 0.717) is 0 Å². The fourth-order valence-corrected chi connectivity index (χ4v) is 2.81. The highest BCUT2D eigenvalue weighted by molar-refractivity contribution is 9.10. The van der Waals surface area contributed by atoms with Crippen molar-refractivity contribution >= 4 is 27.3 Å². The van der Waals surface area contributed by atoms with Crippen LogP contribution in [0, 0.1) is 0 Å². The summed E-state index contributed by atoms with van der Waals surface area (Å²) in [5.41, 5.74) is 5.72. The molecule has 0 saturated carbocycles. The molecule has 1 rings (SSSR count). The zero-order valence-electron chi connectivity index (χ0n) is 8.66. The Morgan fingerprint density at radius 3 is 2.86 bits per heavy atom. The average molecular weight is 277 g/mol. The van der Waals surface area contributed by atoms with Gasteiger partial charge in [0, 0.05) is 33.9 Å². The van der Waals surface area contributed by atoms with Gasteiger partial charge in [0.25, 0.3) is 0 Å². The number of likely N-dealkylation sites (N-methyl/N-ethyl adjacent to an activating group) is 1. The lowest BCUT2D eigenvalue weighted by Gasteiger charge is -2.18. The fraction of sp³-hybridized carbons (Fsp3) is 0.600. The molecule has 1 aromatic heterocycles. The summed E-state index contributed by atoms with van der Waals surface area (Å²) in [5.74, 6) is 0. The van der Waals surface area contributed by atoms with E-state index in [2.05, 4.69) is 39.3 Å². The lowest BCUT2D eigenvalue weighted by Crippen LogP contribution is -2.33. The predicted octanol–water partition coefficient (Wildman–Crippen LogP) is 2.33. The maximum Gasteiger partial charge on any atom is 0.0285 e. The van der Waals surface area contributed by atoms with Gasteiger partial charge >= 0.3 is 0 Å². The highest BCUT2D eigenvalue weighted by atomic mass is 79.9. The minimum absolute atomic E-state index is 0.259. The Labute approximate surface area is 98.2 Å². The first-order valence-electron chi connectivity index (χ1n) is 4.75. The molecule has 80 valence electrons. The maximum atomic E-state index is 5.72. The highest BCUT2D eigenvalue weighted by Gasteiger charge is 2.03. The van der Waals surface area contributed by atoms with Crippen molar-refractivity contribution in [2.24, 2.45) is 5.73 Å². The van der Waals surface area contributed by atoms with Crippen LogP contribution < -0.4 is 5.73 Å². The molecule has 0 aliphatic heterocycles.